The number of hydrogen-bond acceptors (Lipinski definition) is 3. The zero-order chi connectivity index (χ0) is 22.0. The quantitative estimate of drug-likeness (QED) is 0.357. The maximum absolute atomic E-state index is 12.6. The Kier molecular flexibility index (Phi) is 5.74. The number of carbonyl (C=O) groups is 1. The highest BCUT2D eigenvalue weighted by atomic mass is 35.5. The molecule has 1 amide bonds. The highest BCUT2D eigenvalue weighted by molar-refractivity contribution is 6.31. The molecule has 160 valence electrons. The van der Waals surface area contributed by atoms with Crippen LogP contribution < -0.4 is 5.32 Å². The van der Waals surface area contributed by atoms with Gasteiger partial charge in [0.2, 0.25) is 0 Å². The van der Waals surface area contributed by atoms with E-state index >= 15 is 0 Å². The summed E-state index contributed by atoms with van der Waals surface area (Å²) >= 11 is 6.21. The van der Waals surface area contributed by atoms with Crippen molar-refractivity contribution >= 4 is 28.6 Å². The number of aromatic nitrogens is 3. The van der Waals surface area contributed by atoms with E-state index in [0.29, 0.717) is 17.3 Å². The number of amides is 1. The number of ether oxygens (including phenoxy) is 1. The topological polar surface area (TPSA) is 82.8 Å². The van der Waals surface area contributed by atoms with Gasteiger partial charge in [-0.15, -0.1) is 0 Å². The predicted molar refractivity (Wildman–Crippen MR) is 123 cm³/mol. The minimum atomic E-state index is -0.596. The standard InChI is InChI=1S/C24H25ClN4O2/c1-24(2,3)31-23(30)29-20(11-16-13-26-19-10-9-17(25)12-18(16)19)22-27-14-21(28-22)15-7-5-4-6-8-15/h4-10,12-14,20,26H,11H2,1-3H3,(H,27,28)(H,29,30). The van der Waals surface area contributed by atoms with Crippen LogP contribution >= 0.6 is 11.6 Å². The molecule has 0 aliphatic heterocycles. The number of hydrogen-bond donors (Lipinski definition) is 3. The average Bonchev–Trinajstić information content (AvgIpc) is 3.34. The predicted octanol–water partition coefficient (Wildman–Crippen LogP) is 6.02. The molecule has 0 aliphatic rings. The van der Waals surface area contributed by atoms with Crippen molar-refractivity contribution in [3.8, 4) is 11.3 Å². The van der Waals surface area contributed by atoms with Crippen molar-refractivity contribution in [1.82, 2.24) is 20.3 Å². The first-order chi connectivity index (χ1) is 14.8. The minimum Gasteiger partial charge on any atom is -0.444 e. The zero-order valence-corrected chi connectivity index (χ0v) is 18.5. The van der Waals surface area contributed by atoms with Crippen molar-refractivity contribution in [3.63, 3.8) is 0 Å². The van der Waals surface area contributed by atoms with Crippen LogP contribution in [0.2, 0.25) is 5.02 Å². The lowest BCUT2D eigenvalue weighted by Crippen LogP contribution is -2.36. The molecule has 4 aromatic rings. The molecule has 1 unspecified atom stereocenters. The van der Waals surface area contributed by atoms with Gasteiger partial charge in [0.1, 0.15) is 11.4 Å². The molecule has 4 rings (SSSR count). The van der Waals surface area contributed by atoms with E-state index in [4.69, 9.17) is 16.3 Å². The van der Waals surface area contributed by atoms with Crippen LogP contribution in [0.1, 0.15) is 38.2 Å². The molecule has 0 bridgehead atoms. The molecular weight excluding hydrogens is 412 g/mol. The highest BCUT2D eigenvalue weighted by Gasteiger charge is 2.24. The fourth-order valence-electron chi connectivity index (χ4n) is 3.48. The number of rotatable bonds is 5. The van der Waals surface area contributed by atoms with Gasteiger partial charge in [0.05, 0.1) is 17.9 Å². The lowest BCUT2D eigenvalue weighted by molar-refractivity contribution is 0.0501. The first kappa shape index (κ1) is 21.0. The van der Waals surface area contributed by atoms with Crippen LogP contribution in [-0.4, -0.2) is 26.6 Å². The van der Waals surface area contributed by atoms with Gasteiger partial charge in [-0.1, -0.05) is 41.9 Å². The zero-order valence-electron chi connectivity index (χ0n) is 17.7. The van der Waals surface area contributed by atoms with E-state index in [1.807, 2.05) is 75.5 Å². The first-order valence-electron chi connectivity index (χ1n) is 10.1. The maximum atomic E-state index is 12.6. The lowest BCUT2D eigenvalue weighted by atomic mass is 10.0. The van der Waals surface area contributed by atoms with Gasteiger partial charge in [0.15, 0.2) is 0 Å². The number of alkyl carbamates (subject to hydrolysis) is 1. The molecule has 0 fully saturated rings. The Labute approximate surface area is 186 Å². The van der Waals surface area contributed by atoms with Gasteiger partial charge < -0.3 is 20.0 Å². The second-order valence-electron chi connectivity index (χ2n) is 8.45. The van der Waals surface area contributed by atoms with Crippen molar-refractivity contribution in [2.45, 2.75) is 38.8 Å². The molecule has 0 aliphatic carbocycles. The third kappa shape index (κ3) is 5.09. The van der Waals surface area contributed by atoms with E-state index in [-0.39, 0.29) is 0 Å². The van der Waals surface area contributed by atoms with Crippen LogP contribution in [0.5, 0.6) is 0 Å². The second-order valence-corrected chi connectivity index (χ2v) is 8.89. The van der Waals surface area contributed by atoms with Crippen molar-refractivity contribution in [2.75, 3.05) is 0 Å². The van der Waals surface area contributed by atoms with E-state index in [1.54, 1.807) is 6.20 Å². The Hall–Kier alpha value is -3.25. The number of benzene rings is 2. The Morgan fingerprint density at radius 2 is 1.97 bits per heavy atom. The molecule has 2 aromatic heterocycles. The number of carbonyl (C=O) groups excluding carboxylic acids is 1. The summed E-state index contributed by atoms with van der Waals surface area (Å²) in [7, 11) is 0. The van der Waals surface area contributed by atoms with Crippen molar-refractivity contribution in [3.05, 3.63) is 77.3 Å². The first-order valence-corrected chi connectivity index (χ1v) is 10.5. The summed E-state index contributed by atoms with van der Waals surface area (Å²) in [4.78, 5) is 23.7. The van der Waals surface area contributed by atoms with Crippen molar-refractivity contribution in [2.24, 2.45) is 0 Å². The van der Waals surface area contributed by atoms with Gasteiger partial charge in [-0.05, 0) is 50.1 Å². The van der Waals surface area contributed by atoms with Crippen molar-refractivity contribution < 1.29 is 9.53 Å². The fraction of sp³-hybridized carbons (Fsp3) is 0.250. The Bertz CT molecular complexity index is 1190. The summed E-state index contributed by atoms with van der Waals surface area (Å²) < 4.78 is 5.49. The molecule has 1 atom stereocenters. The SMILES string of the molecule is CC(C)(C)OC(=O)NC(Cc1c[nH]c2ccc(Cl)cc12)c1ncc(-c2ccccc2)[nH]1. The molecule has 2 heterocycles. The lowest BCUT2D eigenvalue weighted by Gasteiger charge is -2.23. The Morgan fingerprint density at radius 1 is 1.19 bits per heavy atom. The van der Waals surface area contributed by atoms with Gasteiger partial charge in [-0.25, -0.2) is 9.78 Å². The van der Waals surface area contributed by atoms with Crippen molar-refractivity contribution in [1.29, 1.82) is 0 Å². The smallest absolute Gasteiger partial charge is 0.408 e. The number of nitrogens with one attached hydrogen (secondary N) is 3. The molecule has 31 heavy (non-hydrogen) atoms. The summed E-state index contributed by atoms with van der Waals surface area (Å²) in [5.41, 5.74) is 3.32. The average molecular weight is 437 g/mol. The van der Waals surface area contributed by atoms with Crippen LogP contribution in [0.3, 0.4) is 0 Å². The molecule has 0 saturated carbocycles. The van der Waals surface area contributed by atoms with E-state index in [1.165, 1.54) is 0 Å². The Morgan fingerprint density at radius 3 is 2.71 bits per heavy atom. The molecular formula is C24H25ClN4O2. The molecule has 0 spiro atoms. The molecule has 2 aromatic carbocycles. The number of fused-ring (bicyclic) bond motifs is 1. The summed E-state index contributed by atoms with van der Waals surface area (Å²) in [6.45, 7) is 5.51. The van der Waals surface area contributed by atoms with Gasteiger partial charge in [0, 0.05) is 28.5 Å². The number of imidazole rings is 1. The van der Waals surface area contributed by atoms with Gasteiger partial charge in [-0.2, -0.15) is 0 Å². The number of halogens is 1. The molecule has 3 N–H and O–H groups in total. The van der Waals surface area contributed by atoms with Crippen LogP contribution in [-0.2, 0) is 11.2 Å². The molecule has 6 nitrogen and oxygen atoms in total. The fourth-order valence-corrected chi connectivity index (χ4v) is 3.66. The number of aromatic amines is 2. The molecule has 0 saturated heterocycles. The monoisotopic (exact) mass is 436 g/mol. The summed E-state index contributed by atoms with van der Waals surface area (Å²) in [5, 5.41) is 4.64. The third-order valence-corrected chi connectivity index (χ3v) is 5.09. The summed E-state index contributed by atoms with van der Waals surface area (Å²) in [6.07, 6.45) is 3.74. The number of nitrogens with zero attached hydrogens (tertiary/aromatic N) is 1. The minimum absolute atomic E-state index is 0.412. The highest BCUT2D eigenvalue weighted by Crippen LogP contribution is 2.27. The molecule has 7 heteroatoms. The van der Waals surface area contributed by atoms with Gasteiger partial charge in [0.25, 0.3) is 0 Å². The largest absolute Gasteiger partial charge is 0.444 e. The third-order valence-electron chi connectivity index (χ3n) is 4.85. The maximum Gasteiger partial charge on any atom is 0.408 e. The normalized spacial score (nSPS) is 12.6. The van der Waals surface area contributed by atoms with E-state index in [9.17, 15) is 4.79 Å². The van der Waals surface area contributed by atoms with Crippen LogP contribution in [0, 0.1) is 0 Å². The van der Waals surface area contributed by atoms with Crippen LogP contribution in [0.15, 0.2) is 60.9 Å². The summed E-state index contributed by atoms with van der Waals surface area (Å²) in [6, 6.07) is 15.2. The van der Waals surface area contributed by atoms with E-state index < -0.39 is 17.7 Å². The summed E-state index contributed by atoms with van der Waals surface area (Å²) in [5.74, 6) is 0.654. The van der Waals surface area contributed by atoms with Gasteiger partial charge >= 0.3 is 6.09 Å². The van der Waals surface area contributed by atoms with Crippen LogP contribution in [0.4, 0.5) is 4.79 Å². The van der Waals surface area contributed by atoms with E-state index in [0.717, 1.165) is 27.7 Å². The van der Waals surface area contributed by atoms with Gasteiger partial charge in [-0.3, -0.25) is 0 Å². The number of H-pyrrole nitrogens is 2. The Balaban J connectivity index is 1.65. The van der Waals surface area contributed by atoms with E-state index in [2.05, 4.69) is 20.3 Å². The second kappa shape index (κ2) is 8.47. The molecule has 0 radical (unpaired) electrons. The van der Waals surface area contributed by atoms with Crippen LogP contribution in [0.25, 0.3) is 22.2 Å².